The Morgan fingerprint density at radius 1 is 1.47 bits per heavy atom. The molecular weight excluding hydrogens is 226 g/mol. The van der Waals surface area contributed by atoms with Crippen molar-refractivity contribution in [1.29, 1.82) is 0 Å². The number of carboxylic acid groups (broad SMARTS) is 1. The summed E-state index contributed by atoms with van der Waals surface area (Å²) in [5.41, 5.74) is -2.42. The van der Waals surface area contributed by atoms with Gasteiger partial charge in [0.15, 0.2) is 0 Å². The number of ether oxygens (including phenoxy) is 1. The van der Waals surface area contributed by atoms with Gasteiger partial charge in [-0.1, -0.05) is 6.42 Å². The second-order valence-electron chi connectivity index (χ2n) is 4.34. The first-order valence-corrected chi connectivity index (χ1v) is 5.78. The zero-order valence-electron chi connectivity index (χ0n) is 9.94. The lowest BCUT2D eigenvalue weighted by molar-refractivity contribution is -0.179. The molecule has 3 N–H and O–H groups in total. The van der Waals surface area contributed by atoms with Gasteiger partial charge in [0.25, 0.3) is 5.60 Å². The molecular formula is C11H19NO5. The van der Waals surface area contributed by atoms with Crippen LogP contribution in [0.25, 0.3) is 0 Å². The van der Waals surface area contributed by atoms with E-state index in [1.165, 1.54) is 0 Å². The molecule has 1 saturated heterocycles. The summed E-state index contributed by atoms with van der Waals surface area (Å²) in [7, 11) is 1.06. The van der Waals surface area contributed by atoms with Crippen molar-refractivity contribution in [2.45, 2.75) is 43.7 Å². The standard InChI is InChI=1S/C11H19NO5/c1-17-10(15)11(16,9(13)14)6-5-8-4-2-3-7-12-8/h8,12,16H,2-7H2,1H3,(H,13,14)/t8?,11-/m0/s1. The summed E-state index contributed by atoms with van der Waals surface area (Å²) < 4.78 is 4.33. The van der Waals surface area contributed by atoms with E-state index in [1.54, 1.807) is 0 Å². The van der Waals surface area contributed by atoms with Crippen LogP contribution < -0.4 is 5.32 Å². The number of piperidine rings is 1. The van der Waals surface area contributed by atoms with E-state index in [2.05, 4.69) is 10.1 Å². The first kappa shape index (κ1) is 13.9. The number of aliphatic carboxylic acids is 1. The number of carboxylic acids is 1. The minimum Gasteiger partial charge on any atom is -0.479 e. The fourth-order valence-corrected chi connectivity index (χ4v) is 2.02. The highest BCUT2D eigenvalue weighted by Gasteiger charge is 2.45. The molecule has 0 amide bonds. The van der Waals surface area contributed by atoms with Gasteiger partial charge in [0, 0.05) is 6.04 Å². The molecule has 0 aromatic heterocycles. The van der Waals surface area contributed by atoms with Gasteiger partial charge >= 0.3 is 11.9 Å². The number of hydrogen-bond acceptors (Lipinski definition) is 5. The normalized spacial score (nSPS) is 23.8. The van der Waals surface area contributed by atoms with Gasteiger partial charge in [-0.05, 0) is 32.2 Å². The fraction of sp³-hybridized carbons (Fsp3) is 0.818. The molecule has 6 heteroatoms. The Kier molecular flexibility index (Phi) is 4.89. The smallest absolute Gasteiger partial charge is 0.349 e. The Hall–Kier alpha value is -1.14. The predicted octanol–water partition coefficient (Wildman–Crippen LogP) is -0.103. The third kappa shape index (κ3) is 3.41. The van der Waals surface area contributed by atoms with E-state index >= 15 is 0 Å². The van der Waals surface area contributed by atoms with Crippen LogP contribution in [0.2, 0.25) is 0 Å². The SMILES string of the molecule is COC(=O)[C@](O)(CCC1CCCCN1)C(=O)O. The molecule has 1 rings (SSSR count). The van der Waals surface area contributed by atoms with Gasteiger partial charge in [0.1, 0.15) is 0 Å². The molecule has 17 heavy (non-hydrogen) atoms. The van der Waals surface area contributed by atoms with E-state index in [1.807, 2.05) is 0 Å². The summed E-state index contributed by atoms with van der Waals surface area (Å²) in [4.78, 5) is 22.2. The molecule has 2 atom stereocenters. The van der Waals surface area contributed by atoms with E-state index in [0.717, 1.165) is 32.9 Å². The van der Waals surface area contributed by atoms with Gasteiger partial charge in [-0.15, -0.1) is 0 Å². The Balaban J connectivity index is 2.54. The van der Waals surface area contributed by atoms with Crippen molar-refractivity contribution in [1.82, 2.24) is 5.32 Å². The highest BCUT2D eigenvalue weighted by molar-refractivity contribution is 6.02. The van der Waals surface area contributed by atoms with Crippen molar-refractivity contribution in [2.24, 2.45) is 0 Å². The molecule has 0 saturated carbocycles. The van der Waals surface area contributed by atoms with Crippen LogP contribution in [0.1, 0.15) is 32.1 Å². The Labute approximate surface area is 100.0 Å². The summed E-state index contributed by atoms with van der Waals surface area (Å²) in [6.45, 7) is 0.897. The summed E-state index contributed by atoms with van der Waals surface area (Å²) >= 11 is 0. The topological polar surface area (TPSA) is 95.9 Å². The van der Waals surface area contributed by atoms with Gasteiger partial charge in [-0.3, -0.25) is 0 Å². The molecule has 0 aromatic carbocycles. The van der Waals surface area contributed by atoms with Gasteiger partial charge in [0.2, 0.25) is 0 Å². The number of carbonyl (C=O) groups excluding carboxylic acids is 1. The summed E-state index contributed by atoms with van der Waals surface area (Å²) in [6.07, 6.45) is 3.44. The largest absolute Gasteiger partial charge is 0.479 e. The molecule has 1 aliphatic rings. The Bertz CT molecular complexity index is 288. The van der Waals surface area contributed by atoms with Crippen LogP contribution in [-0.2, 0) is 14.3 Å². The third-order valence-corrected chi connectivity index (χ3v) is 3.14. The molecule has 0 bridgehead atoms. The van der Waals surface area contributed by atoms with E-state index in [4.69, 9.17) is 5.11 Å². The van der Waals surface area contributed by atoms with Crippen molar-refractivity contribution >= 4 is 11.9 Å². The van der Waals surface area contributed by atoms with Crippen molar-refractivity contribution in [3.05, 3.63) is 0 Å². The third-order valence-electron chi connectivity index (χ3n) is 3.14. The molecule has 0 aliphatic carbocycles. The fourth-order valence-electron chi connectivity index (χ4n) is 2.02. The lowest BCUT2D eigenvalue weighted by Crippen LogP contribution is -2.48. The maximum Gasteiger partial charge on any atom is 0.349 e. The number of aliphatic hydroxyl groups is 1. The van der Waals surface area contributed by atoms with Crippen molar-refractivity contribution in [3.63, 3.8) is 0 Å². The second-order valence-corrected chi connectivity index (χ2v) is 4.34. The molecule has 1 fully saturated rings. The summed E-state index contributed by atoms with van der Waals surface area (Å²) in [5.74, 6) is -2.67. The molecule has 1 unspecified atom stereocenters. The molecule has 98 valence electrons. The zero-order chi connectivity index (χ0) is 12.9. The van der Waals surface area contributed by atoms with E-state index in [-0.39, 0.29) is 12.5 Å². The van der Waals surface area contributed by atoms with E-state index in [0.29, 0.717) is 6.42 Å². The molecule has 0 spiro atoms. The predicted molar refractivity (Wildman–Crippen MR) is 59.5 cm³/mol. The number of methoxy groups -OCH3 is 1. The molecule has 0 radical (unpaired) electrons. The van der Waals surface area contributed by atoms with Crippen LogP contribution in [0, 0.1) is 0 Å². The maximum atomic E-state index is 11.3. The Morgan fingerprint density at radius 3 is 2.65 bits per heavy atom. The van der Waals surface area contributed by atoms with Crippen molar-refractivity contribution < 1.29 is 24.5 Å². The van der Waals surface area contributed by atoms with Crippen LogP contribution in [0.4, 0.5) is 0 Å². The van der Waals surface area contributed by atoms with Gasteiger partial charge in [0.05, 0.1) is 7.11 Å². The van der Waals surface area contributed by atoms with Crippen molar-refractivity contribution in [2.75, 3.05) is 13.7 Å². The van der Waals surface area contributed by atoms with Crippen LogP contribution in [0.5, 0.6) is 0 Å². The molecule has 0 aromatic rings. The highest BCUT2D eigenvalue weighted by atomic mass is 16.5. The van der Waals surface area contributed by atoms with Gasteiger partial charge in [-0.25, -0.2) is 9.59 Å². The molecule has 6 nitrogen and oxygen atoms in total. The van der Waals surface area contributed by atoms with Crippen LogP contribution in [-0.4, -0.2) is 47.4 Å². The monoisotopic (exact) mass is 245 g/mol. The minimum absolute atomic E-state index is 0.132. The average Bonchev–Trinajstić information content (AvgIpc) is 2.35. The number of nitrogens with one attached hydrogen (secondary N) is 1. The number of hydrogen-bond donors (Lipinski definition) is 3. The zero-order valence-corrected chi connectivity index (χ0v) is 9.94. The lowest BCUT2D eigenvalue weighted by Gasteiger charge is -2.26. The minimum atomic E-state index is -2.42. The number of esters is 1. The maximum absolute atomic E-state index is 11.3. The summed E-state index contributed by atoms with van der Waals surface area (Å²) in [6, 6.07) is 0.166. The van der Waals surface area contributed by atoms with Crippen LogP contribution >= 0.6 is 0 Å². The van der Waals surface area contributed by atoms with E-state index in [9.17, 15) is 14.7 Å². The van der Waals surface area contributed by atoms with Gasteiger partial charge in [-0.2, -0.15) is 0 Å². The molecule has 1 aliphatic heterocycles. The summed E-state index contributed by atoms with van der Waals surface area (Å²) in [5, 5.41) is 21.9. The average molecular weight is 245 g/mol. The van der Waals surface area contributed by atoms with Crippen LogP contribution in [0.3, 0.4) is 0 Å². The van der Waals surface area contributed by atoms with Gasteiger partial charge < -0.3 is 20.3 Å². The van der Waals surface area contributed by atoms with E-state index < -0.39 is 17.5 Å². The van der Waals surface area contributed by atoms with Crippen molar-refractivity contribution in [3.8, 4) is 0 Å². The quantitative estimate of drug-likeness (QED) is 0.462. The van der Waals surface area contributed by atoms with Crippen LogP contribution in [0.15, 0.2) is 0 Å². The first-order valence-electron chi connectivity index (χ1n) is 5.78. The number of rotatable bonds is 5. The highest BCUT2D eigenvalue weighted by Crippen LogP contribution is 2.20. The lowest BCUT2D eigenvalue weighted by atomic mass is 9.92. The number of carbonyl (C=O) groups is 2. The molecule has 1 heterocycles. The first-order chi connectivity index (χ1) is 8.00. The second kappa shape index (κ2) is 5.97. The Morgan fingerprint density at radius 2 is 2.18 bits per heavy atom.